The van der Waals surface area contributed by atoms with E-state index < -0.39 is 0 Å². The number of rotatable bonds is 6. The maximum Gasteiger partial charge on any atom is 0.178 e. The second kappa shape index (κ2) is 12.3. The number of hydrogen-bond acceptors (Lipinski definition) is 5. The highest BCUT2D eigenvalue weighted by Gasteiger charge is 2.20. The van der Waals surface area contributed by atoms with Crippen molar-refractivity contribution in [3.63, 3.8) is 0 Å². The number of aliphatic imine (C=N–C) groups is 2. The Morgan fingerprint density at radius 1 is 1.08 bits per heavy atom. The first-order valence-electron chi connectivity index (χ1n) is 13.1. The molecule has 1 atom stereocenters. The van der Waals surface area contributed by atoms with Crippen molar-refractivity contribution >= 4 is 28.8 Å². The summed E-state index contributed by atoms with van der Waals surface area (Å²) < 4.78 is 6.24. The van der Waals surface area contributed by atoms with Gasteiger partial charge < -0.3 is 15.4 Å². The topological polar surface area (TPSA) is 70.9 Å². The van der Waals surface area contributed by atoms with E-state index in [1.54, 1.807) is 6.34 Å². The van der Waals surface area contributed by atoms with Gasteiger partial charge in [0.15, 0.2) is 5.84 Å². The predicted molar refractivity (Wildman–Crippen MR) is 156 cm³/mol. The molecule has 2 N–H and O–H groups in total. The van der Waals surface area contributed by atoms with Crippen molar-refractivity contribution in [2.75, 3.05) is 5.32 Å². The van der Waals surface area contributed by atoms with Gasteiger partial charge in [0, 0.05) is 20.1 Å². The summed E-state index contributed by atoms with van der Waals surface area (Å²) >= 11 is 0. The molecule has 1 aliphatic carbocycles. The number of nitrogens with one attached hydrogen (secondary N) is 2. The van der Waals surface area contributed by atoms with Crippen LogP contribution in [0.25, 0.3) is 22.0 Å². The van der Waals surface area contributed by atoms with Crippen LogP contribution in [-0.4, -0.2) is 29.4 Å². The van der Waals surface area contributed by atoms with Crippen molar-refractivity contribution in [2.45, 2.75) is 72.1 Å². The summed E-state index contributed by atoms with van der Waals surface area (Å²) in [5.41, 5.74) is 5.16. The highest BCUT2D eigenvalue weighted by molar-refractivity contribution is 6.08. The maximum absolute atomic E-state index is 6.24. The van der Waals surface area contributed by atoms with E-state index >= 15 is 0 Å². The zero-order valence-corrected chi connectivity index (χ0v) is 21.8. The van der Waals surface area contributed by atoms with E-state index in [1.807, 2.05) is 52.1 Å². The molecule has 6 heteroatoms. The van der Waals surface area contributed by atoms with E-state index in [2.05, 4.69) is 57.0 Å². The van der Waals surface area contributed by atoms with Gasteiger partial charge in [0.2, 0.25) is 0 Å². The van der Waals surface area contributed by atoms with E-state index in [-0.39, 0.29) is 9.02 Å². The Bertz CT molecular complexity index is 1250. The minimum absolute atomic E-state index is 0. The summed E-state index contributed by atoms with van der Waals surface area (Å²) in [4.78, 5) is 13.8. The molecule has 2 heterocycles. The van der Waals surface area contributed by atoms with Crippen molar-refractivity contribution < 1.29 is 7.59 Å². The number of hydrogen-bond donors (Lipinski definition) is 2. The van der Waals surface area contributed by atoms with Crippen LogP contribution in [0.2, 0.25) is 0 Å². The first-order valence-corrected chi connectivity index (χ1v) is 13.1. The average Bonchev–Trinajstić information content (AvgIpc) is 3.38. The van der Waals surface area contributed by atoms with Crippen molar-refractivity contribution in [3.8, 4) is 11.1 Å². The fourth-order valence-corrected chi connectivity index (χ4v) is 4.70. The molecule has 0 spiro atoms. The molecule has 2 aromatic carbocycles. The maximum atomic E-state index is 6.24. The fourth-order valence-electron chi connectivity index (χ4n) is 4.70. The normalized spacial score (nSPS) is 18.8. The van der Waals surface area contributed by atoms with Gasteiger partial charge in [0.05, 0.1) is 18.0 Å². The molecular formula is C30H41N5O. The Hall–Kier alpha value is -3.67. The first-order chi connectivity index (χ1) is 17.7. The Morgan fingerprint density at radius 2 is 1.86 bits per heavy atom. The van der Waals surface area contributed by atoms with Crippen molar-refractivity contribution in [3.05, 3.63) is 72.3 Å². The number of pyridine rings is 1. The number of amidine groups is 1. The molecule has 1 aliphatic heterocycles. The lowest BCUT2D eigenvalue weighted by molar-refractivity contribution is 0.0820. The SMILES string of the molecule is C/C(OC1CCCCC1)=C1/NC=N/C1=N/C(C)Nc1ccc2nccc(-c3ccccc3)c2c1.CC.[HH].[HH]. The minimum atomic E-state index is -0.168. The number of ether oxygens (including phenoxy) is 1. The smallest absolute Gasteiger partial charge is 0.178 e. The lowest BCUT2D eigenvalue weighted by Gasteiger charge is -2.24. The van der Waals surface area contributed by atoms with Crippen LogP contribution >= 0.6 is 0 Å². The van der Waals surface area contributed by atoms with E-state index in [9.17, 15) is 0 Å². The van der Waals surface area contributed by atoms with Crippen LogP contribution < -0.4 is 10.6 Å². The monoisotopic (exact) mass is 487 g/mol. The third-order valence-corrected chi connectivity index (χ3v) is 6.38. The van der Waals surface area contributed by atoms with Gasteiger partial charge in [-0.1, -0.05) is 50.6 Å². The minimum Gasteiger partial charge on any atom is -0.493 e. The molecule has 0 saturated heterocycles. The molecule has 2 aliphatic rings. The van der Waals surface area contributed by atoms with E-state index in [0.717, 1.165) is 40.9 Å². The quantitative estimate of drug-likeness (QED) is 0.348. The van der Waals surface area contributed by atoms with Gasteiger partial charge in [-0.15, -0.1) is 0 Å². The van der Waals surface area contributed by atoms with E-state index in [1.165, 1.54) is 30.4 Å². The lowest BCUT2D eigenvalue weighted by Crippen LogP contribution is -2.21. The summed E-state index contributed by atoms with van der Waals surface area (Å²) in [6, 6.07) is 18.7. The molecular weight excluding hydrogens is 446 g/mol. The molecule has 6 nitrogen and oxygen atoms in total. The number of aromatic nitrogens is 1. The molecule has 192 valence electrons. The Morgan fingerprint density at radius 3 is 2.64 bits per heavy atom. The summed E-state index contributed by atoms with van der Waals surface area (Å²) in [7, 11) is 0. The third-order valence-electron chi connectivity index (χ3n) is 6.38. The van der Waals surface area contributed by atoms with Gasteiger partial charge in [0.25, 0.3) is 0 Å². The molecule has 0 radical (unpaired) electrons. The van der Waals surface area contributed by atoms with Crippen molar-refractivity contribution in [2.24, 2.45) is 9.98 Å². The van der Waals surface area contributed by atoms with Gasteiger partial charge >= 0.3 is 0 Å². The summed E-state index contributed by atoms with van der Waals surface area (Å²) in [5, 5.41) is 7.82. The second-order valence-corrected chi connectivity index (χ2v) is 8.94. The Labute approximate surface area is 217 Å². The van der Waals surface area contributed by atoms with E-state index in [0.29, 0.717) is 11.9 Å². The van der Waals surface area contributed by atoms with Gasteiger partial charge in [0.1, 0.15) is 17.6 Å². The number of anilines is 1. The molecule has 1 fully saturated rings. The summed E-state index contributed by atoms with van der Waals surface area (Å²) in [5.74, 6) is 1.53. The largest absolute Gasteiger partial charge is 0.493 e. The molecule has 1 saturated carbocycles. The second-order valence-electron chi connectivity index (χ2n) is 8.94. The van der Waals surface area contributed by atoms with Crippen LogP contribution in [-0.2, 0) is 4.74 Å². The summed E-state index contributed by atoms with van der Waals surface area (Å²) in [6.45, 7) is 8.03. The van der Waals surface area contributed by atoms with Crippen LogP contribution in [0.15, 0.2) is 82.2 Å². The number of allylic oxidation sites excluding steroid dienone is 1. The molecule has 0 bridgehead atoms. The number of nitrogens with zero attached hydrogens (tertiary/aromatic N) is 3. The Kier molecular flexibility index (Phi) is 8.71. The van der Waals surface area contributed by atoms with Crippen molar-refractivity contribution in [1.82, 2.24) is 10.3 Å². The first kappa shape index (κ1) is 25.4. The predicted octanol–water partition coefficient (Wildman–Crippen LogP) is 7.79. The molecule has 3 aromatic rings. The van der Waals surface area contributed by atoms with Gasteiger partial charge in [-0.25, -0.2) is 9.98 Å². The zero-order chi connectivity index (χ0) is 25.3. The van der Waals surface area contributed by atoms with Crippen LogP contribution in [0.5, 0.6) is 0 Å². The highest BCUT2D eigenvalue weighted by Crippen LogP contribution is 2.30. The molecule has 0 amide bonds. The molecule has 5 rings (SSSR count). The van der Waals surface area contributed by atoms with E-state index in [4.69, 9.17) is 9.73 Å². The van der Waals surface area contributed by atoms with Gasteiger partial charge in [-0.3, -0.25) is 4.98 Å². The highest BCUT2D eigenvalue weighted by atomic mass is 16.5. The molecule has 36 heavy (non-hydrogen) atoms. The van der Waals surface area contributed by atoms with Crippen LogP contribution in [0, 0.1) is 0 Å². The van der Waals surface area contributed by atoms with Gasteiger partial charge in [-0.2, -0.15) is 0 Å². The summed E-state index contributed by atoms with van der Waals surface area (Å²) in [6.07, 6.45) is 9.72. The standard InChI is InChI=1S/C28H31N5O.C2H6.2H2/c1-19(34-23-11-7-4-8-12-23)27-28(31-18-30-27)33-20(2)32-22-13-14-26-25(17-22)24(15-16-29-26)21-9-5-3-6-10-21;1-2;;/h3,5-6,9-10,13-18,20,23,32H,4,7-8,11-12H2,1-2H3,(H,30,31,33);1-2H3;2*1H/b27-19-;;;. The lowest BCUT2D eigenvalue weighted by atomic mass is 9.98. The Balaban J connectivity index is 0.00000124. The fraction of sp³-hybridized carbons (Fsp3) is 0.367. The molecule has 1 unspecified atom stereocenters. The number of fused-ring (bicyclic) bond motifs is 1. The van der Waals surface area contributed by atoms with Crippen LogP contribution in [0.4, 0.5) is 5.69 Å². The van der Waals surface area contributed by atoms with Gasteiger partial charge in [-0.05, 0) is 74.9 Å². The molecule has 1 aromatic heterocycles. The third kappa shape index (κ3) is 6.11. The zero-order valence-electron chi connectivity index (χ0n) is 21.8. The number of benzene rings is 2. The van der Waals surface area contributed by atoms with Crippen LogP contribution in [0.1, 0.15) is 62.7 Å². The average molecular weight is 488 g/mol. The van der Waals surface area contributed by atoms with Crippen molar-refractivity contribution in [1.29, 1.82) is 0 Å². The van der Waals surface area contributed by atoms with Crippen LogP contribution in [0.3, 0.4) is 0 Å².